The van der Waals surface area contributed by atoms with E-state index in [0.717, 1.165) is 32.7 Å². The molecular formula is C27H24BrClN2O3. The molecule has 0 spiro atoms. The summed E-state index contributed by atoms with van der Waals surface area (Å²) in [6.45, 7) is 7.69. The molecule has 1 aromatic heterocycles. The molecule has 0 radical (unpaired) electrons. The third kappa shape index (κ3) is 4.12. The predicted octanol–water partition coefficient (Wildman–Crippen LogP) is 6.70. The summed E-state index contributed by atoms with van der Waals surface area (Å²) in [7, 11) is 1.32. The van der Waals surface area contributed by atoms with Gasteiger partial charge in [-0.1, -0.05) is 39.7 Å². The van der Waals surface area contributed by atoms with Crippen molar-refractivity contribution in [1.29, 1.82) is 0 Å². The van der Waals surface area contributed by atoms with E-state index in [2.05, 4.69) is 20.5 Å². The van der Waals surface area contributed by atoms with Gasteiger partial charge in [0.05, 0.1) is 23.9 Å². The summed E-state index contributed by atoms with van der Waals surface area (Å²) in [5.74, 6) is -0.826. The fraction of sp³-hybridized carbons (Fsp3) is 0.185. The Labute approximate surface area is 212 Å². The summed E-state index contributed by atoms with van der Waals surface area (Å²) in [6, 6.07) is 15.3. The van der Waals surface area contributed by atoms with E-state index >= 15 is 0 Å². The van der Waals surface area contributed by atoms with Crippen LogP contribution in [-0.4, -0.2) is 23.6 Å². The molecule has 0 saturated heterocycles. The summed E-state index contributed by atoms with van der Waals surface area (Å²) in [6.07, 6.45) is 1.77. The quantitative estimate of drug-likeness (QED) is 0.274. The smallest absolute Gasteiger partial charge is 0.340 e. The minimum atomic E-state index is -0.547. The summed E-state index contributed by atoms with van der Waals surface area (Å²) < 4.78 is 7.95. The molecule has 0 N–H and O–H groups in total. The number of halogens is 2. The van der Waals surface area contributed by atoms with Crippen LogP contribution in [0.2, 0.25) is 5.02 Å². The van der Waals surface area contributed by atoms with E-state index in [1.165, 1.54) is 7.11 Å². The van der Waals surface area contributed by atoms with Gasteiger partial charge < -0.3 is 9.30 Å². The monoisotopic (exact) mass is 538 g/mol. The van der Waals surface area contributed by atoms with E-state index in [1.807, 2.05) is 69.3 Å². The van der Waals surface area contributed by atoms with Crippen LogP contribution < -0.4 is 4.90 Å². The SMILES string of the molecule is COC(=O)C1=C(C)N(c2cccc(Br)c2)C(=O)/C1=C\c1cc(C)n(-c2ccc(C)c(Cl)c2)c1C. The van der Waals surface area contributed by atoms with Gasteiger partial charge in [0.15, 0.2) is 0 Å². The summed E-state index contributed by atoms with van der Waals surface area (Å²) in [5, 5.41) is 0.687. The van der Waals surface area contributed by atoms with Gasteiger partial charge in [0.1, 0.15) is 0 Å². The van der Waals surface area contributed by atoms with Crippen LogP contribution >= 0.6 is 27.5 Å². The Morgan fingerprint density at radius 3 is 2.41 bits per heavy atom. The molecule has 4 rings (SSSR count). The van der Waals surface area contributed by atoms with Crippen molar-refractivity contribution in [2.75, 3.05) is 12.0 Å². The summed E-state index contributed by atoms with van der Waals surface area (Å²) >= 11 is 9.82. The zero-order chi connectivity index (χ0) is 24.7. The molecular weight excluding hydrogens is 516 g/mol. The molecule has 2 heterocycles. The number of allylic oxidation sites excluding steroid dienone is 1. The first-order chi connectivity index (χ1) is 16.1. The molecule has 5 nitrogen and oxygen atoms in total. The number of hydrogen-bond acceptors (Lipinski definition) is 3. The van der Waals surface area contributed by atoms with Gasteiger partial charge in [-0.15, -0.1) is 0 Å². The maximum Gasteiger partial charge on any atom is 0.340 e. The molecule has 1 aliphatic rings. The van der Waals surface area contributed by atoms with Gasteiger partial charge in [-0.05, 0) is 81.3 Å². The molecule has 0 atom stereocenters. The van der Waals surface area contributed by atoms with Gasteiger partial charge in [-0.25, -0.2) is 4.79 Å². The van der Waals surface area contributed by atoms with E-state index < -0.39 is 5.97 Å². The van der Waals surface area contributed by atoms with Crippen molar-refractivity contribution in [2.45, 2.75) is 27.7 Å². The van der Waals surface area contributed by atoms with Crippen molar-refractivity contribution in [2.24, 2.45) is 0 Å². The molecule has 2 aromatic carbocycles. The van der Waals surface area contributed by atoms with E-state index in [4.69, 9.17) is 16.3 Å². The third-order valence-corrected chi connectivity index (χ3v) is 6.94. The molecule has 7 heteroatoms. The minimum Gasteiger partial charge on any atom is -0.465 e. The van der Waals surface area contributed by atoms with Crippen LogP contribution in [0.1, 0.15) is 29.4 Å². The standard InChI is InChI=1S/C27H24BrClN2O3/c1-15-9-10-22(14-24(15)29)30-16(2)11-19(17(30)3)12-23-25(27(33)34-5)18(4)31(26(23)32)21-8-6-7-20(28)13-21/h6-14H,1-5H3/b23-12-. The van der Waals surface area contributed by atoms with Crippen molar-refractivity contribution < 1.29 is 14.3 Å². The molecule has 1 amide bonds. The van der Waals surface area contributed by atoms with E-state index in [-0.39, 0.29) is 11.5 Å². The lowest BCUT2D eigenvalue weighted by atomic mass is 10.0. The van der Waals surface area contributed by atoms with E-state index in [0.29, 0.717) is 22.0 Å². The number of methoxy groups -OCH3 is 1. The lowest BCUT2D eigenvalue weighted by Crippen LogP contribution is -2.24. The average Bonchev–Trinajstić information content (AvgIpc) is 3.21. The first kappa shape index (κ1) is 24.0. The number of carbonyl (C=O) groups is 2. The van der Waals surface area contributed by atoms with Crippen LogP contribution in [-0.2, 0) is 14.3 Å². The Bertz CT molecular complexity index is 1400. The van der Waals surface area contributed by atoms with E-state index in [1.54, 1.807) is 17.9 Å². The largest absolute Gasteiger partial charge is 0.465 e. The average molecular weight is 540 g/mol. The maximum atomic E-state index is 13.6. The Balaban J connectivity index is 1.85. The van der Waals surface area contributed by atoms with Crippen LogP contribution in [0.25, 0.3) is 11.8 Å². The highest BCUT2D eigenvalue weighted by Crippen LogP contribution is 2.37. The number of ether oxygens (including phenoxy) is 1. The molecule has 0 fully saturated rings. The van der Waals surface area contributed by atoms with Crippen molar-refractivity contribution in [3.63, 3.8) is 0 Å². The highest BCUT2D eigenvalue weighted by atomic mass is 79.9. The molecule has 0 bridgehead atoms. The Hall–Kier alpha value is -3.09. The van der Waals surface area contributed by atoms with Crippen molar-refractivity contribution in [3.05, 3.63) is 97.4 Å². The van der Waals surface area contributed by atoms with E-state index in [9.17, 15) is 9.59 Å². The number of anilines is 1. The lowest BCUT2D eigenvalue weighted by Gasteiger charge is -2.18. The number of rotatable bonds is 4. The van der Waals surface area contributed by atoms with Crippen molar-refractivity contribution in [1.82, 2.24) is 4.57 Å². The zero-order valence-corrected chi connectivity index (χ0v) is 21.9. The first-order valence-corrected chi connectivity index (χ1v) is 11.9. The van der Waals surface area contributed by atoms with Crippen LogP contribution in [0.4, 0.5) is 5.69 Å². The molecule has 34 heavy (non-hydrogen) atoms. The first-order valence-electron chi connectivity index (χ1n) is 10.7. The molecule has 0 unspecified atom stereocenters. The number of benzene rings is 2. The third-order valence-electron chi connectivity index (χ3n) is 6.04. The second kappa shape index (κ2) is 9.28. The van der Waals surface area contributed by atoms with Crippen LogP contribution in [0.5, 0.6) is 0 Å². The van der Waals surface area contributed by atoms with Gasteiger partial charge in [0.2, 0.25) is 0 Å². The Morgan fingerprint density at radius 2 is 1.76 bits per heavy atom. The fourth-order valence-electron chi connectivity index (χ4n) is 4.31. The Kier molecular flexibility index (Phi) is 6.56. The summed E-state index contributed by atoms with van der Waals surface area (Å²) in [4.78, 5) is 27.9. The minimum absolute atomic E-state index is 0.260. The zero-order valence-electron chi connectivity index (χ0n) is 19.6. The second-order valence-corrected chi connectivity index (χ2v) is 9.55. The fourth-order valence-corrected chi connectivity index (χ4v) is 4.88. The number of aryl methyl sites for hydroxylation is 2. The highest BCUT2D eigenvalue weighted by molar-refractivity contribution is 9.10. The van der Waals surface area contributed by atoms with Crippen LogP contribution in [0, 0.1) is 20.8 Å². The Morgan fingerprint density at radius 1 is 1.03 bits per heavy atom. The van der Waals surface area contributed by atoms with Gasteiger partial charge >= 0.3 is 5.97 Å². The molecule has 0 aliphatic carbocycles. The number of esters is 1. The number of nitrogens with zero attached hydrogens (tertiary/aromatic N) is 2. The summed E-state index contributed by atoms with van der Waals surface area (Å²) in [5.41, 5.74) is 6.44. The molecule has 3 aromatic rings. The lowest BCUT2D eigenvalue weighted by molar-refractivity contribution is -0.136. The van der Waals surface area contributed by atoms with Gasteiger partial charge in [0, 0.05) is 32.3 Å². The van der Waals surface area contributed by atoms with Crippen molar-refractivity contribution in [3.8, 4) is 5.69 Å². The second-order valence-electron chi connectivity index (χ2n) is 8.23. The van der Waals surface area contributed by atoms with Crippen LogP contribution in [0.15, 0.2) is 69.8 Å². The number of amides is 1. The highest BCUT2D eigenvalue weighted by Gasteiger charge is 2.38. The number of aromatic nitrogens is 1. The van der Waals surface area contributed by atoms with Gasteiger partial charge in [-0.3, -0.25) is 9.69 Å². The maximum absolute atomic E-state index is 13.6. The van der Waals surface area contributed by atoms with Crippen LogP contribution in [0.3, 0.4) is 0 Å². The van der Waals surface area contributed by atoms with Gasteiger partial charge in [0.25, 0.3) is 5.91 Å². The normalized spacial score (nSPS) is 15.0. The van der Waals surface area contributed by atoms with Crippen molar-refractivity contribution >= 4 is 51.2 Å². The molecule has 174 valence electrons. The predicted molar refractivity (Wildman–Crippen MR) is 139 cm³/mol. The van der Waals surface area contributed by atoms with Gasteiger partial charge in [-0.2, -0.15) is 0 Å². The topological polar surface area (TPSA) is 51.5 Å². The molecule has 1 aliphatic heterocycles. The number of carbonyl (C=O) groups excluding carboxylic acids is 2. The number of hydrogen-bond donors (Lipinski definition) is 0. The molecule has 0 saturated carbocycles.